The van der Waals surface area contributed by atoms with Crippen LogP contribution in [0.5, 0.6) is 0 Å². The Labute approximate surface area is 922 Å². The van der Waals surface area contributed by atoms with Crippen molar-refractivity contribution in [2.45, 2.75) is 314 Å². The molecule has 5 N–H and O–H groups in total. The summed E-state index contributed by atoms with van der Waals surface area (Å²) in [5.41, 5.74) is 0. The van der Waals surface area contributed by atoms with Gasteiger partial charge in [0.2, 0.25) is 13.1 Å². The van der Waals surface area contributed by atoms with Crippen LogP contribution in [0.4, 0.5) is 0 Å². The zero-order valence-corrected chi connectivity index (χ0v) is 82.6. The predicted octanol–water partition coefficient (Wildman–Crippen LogP) is -5.31. The molecule has 10 rings (SSSR count). The minimum Gasteiger partial charge on any atom is -1.00 e. The third-order valence-corrected chi connectivity index (χ3v) is 17.9. The molecule has 0 amide bonds. The standard InChI is InChI=1S/C11H19NO6.C10H16O4.C9H17NO5.C9H14O6.C8H17O5P.3C6H10O3.CH3NO2.2CH2O3.11CH4.B.3K.Li.2H/c1-4-16-10(13)5-8(6-12(14)15)9-7-17-11(2,3)18-9;1-4-12-9(11)6-5-8-7-13-10(2,3)14-8;1-9(2)14-6-8(15-9)7(3-4-11)5-10(12)13;1-9(2)13-3-4(15-9)7-5(10)6(11)8(12)14-7;1-4-11-8(9)7-14(10,12-5-2)13-6-3;2*7-5-3-9-6-4(5)1-2-8-6;1-6(2)8-4-5(3-7)9-6;1-2(3)4;2*2-1-4-3;;;;;;;;;;;;;;;;;;/h8-9H,4-7H2,1-3H3;5-6,8H,4,7H2,1-3H3;7-8,11H,3-6H2,1-2H3;4-7,10-11H,3H2,1-2H3;4-7H2,1-3H3;2*4-7H,1-3H2;3,5H,4H2,1-2H3;1H3;2*1,3H;11*1H4;;;;;;;/q;;;;;;;;;;;;;;;;;;;;;;;4*+1;2*-1/p-2/t8?,9-;8-;7?,8-;4-,5?,6?,7?;;4-,5+,6+;4-,5-,6+;5-;;;;;;;;;;;;;;;;;;;;;/m0100.101...................../s1. The van der Waals surface area contributed by atoms with Gasteiger partial charge in [-0.05, 0) is 129 Å². The zero-order valence-electron chi connectivity index (χ0n) is 74.3. The van der Waals surface area contributed by atoms with Crippen molar-refractivity contribution in [3.63, 3.8) is 0 Å². The topological polar surface area (TPSA) is 616 Å². The van der Waals surface area contributed by atoms with Crippen LogP contribution in [0.15, 0.2) is 12.2 Å². The molecular weight excluding hydrogens is 1840 g/mol. The summed E-state index contributed by atoms with van der Waals surface area (Å²) in [6, 6.07) is 0. The normalized spacial score (nSPS) is 24.9. The molecule has 10 aliphatic heterocycles. The SMILES string of the molecule is C.C.C.C.C.C.C.C.C.C.C.CC1(C)OC[C@@H](C(CCO)C[N+](=O)[O-])O1.CC1(C)OC[C@@H](C2OC(=O)C(O)C2O)O1.CC1(C)OC[C@@H](C=O)O1.CCOC(=O)C=C[C@@H]1COC(C)(C)O1.CCOC(=O)CC(C[N+](=O)[O-])[C@@H]1COC(C)(C)O1.CCOC(=O)CP(=O)(OCC)OCC.C[N+](=O)[O-].O=CO[O-].O=CO[O-].O[C@H]1CO[C@@H]2OCC[C@@H]21.O[C@H]1CO[C@H]2OCC[C@H]21.[B].[H-].[H-].[K+].[K+].[K+].[Li+]. The Balaban J connectivity index is -0.0000000637. The largest absolute Gasteiger partial charge is 1.00 e. The molecule has 16 atom stereocenters. The van der Waals surface area contributed by atoms with Crippen LogP contribution in [0.25, 0.3) is 0 Å². The molecule has 3 radical (unpaired) electrons. The number of rotatable bonds is 25. The quantitative estimate of drug-likeness (QED) is 0.00656. The van der Waals surface area contributed by atoms with Crippen LogP contribution in [-0.4, -0.2) is 320 Å². The summed E-state index contributed by atoms with van der Waals surface area (Å²) in [5.74, 6) is -5.76. The van der Waals surface area contributed by atoms with E-state index in [1.807, 2.05) is 13.8 Å². The van der Waals surface area contributed by atoms with Gasteiger partial charge >= 0.3 is 204 Å². The second-order valence-electron chi connectivity index (χ2n) is 27.4. The van der Waals surface area contributed by atoms with E-state index in [0.29, 0.717) is 46.1 Å². The summed E-state index contributed by atoms with van der Waals surface area (Å²) < 4.78 is 115. The number of hydrogen-bond donors (Lipinski definition) is 5. The number of hydrogen-bond acceptors (Lipinski definition) is 43. The van der Waals surface area contributed by atoms with E-state index in [9.17, 15) is 69.2 Å². The van der Waals surface area contributed by atoms with E-state index < -0.39 is 101 Å². The van der Waals surface area contributed by atoms with Crippen LogP contribution < -0.4 is 184 Å². The van der Waals surface area contributed by atoms with Crippen molar-refractivity contribution in [1.82, 2.24) is 0 Å². The average Bonchev–Trinajstić information content (AvgIpc) is 1.65. The fraction of sp³-hybridized carbons (Fsp3) is 0.886. The fourth-order valence-corrected chi connectivity index (χ4v) is 12.5. The number of carbonyl (C=O) groups is 7. The van der Waals surface area contributed by atoms with Gasteiger partial charge in [0.1, 0.15) is 30.6 Å². The van der Waals surface area contributed by atoms with Crippen molar-refractivity contribution in [2.24, 2.45) is 23.7 Å². The first-order chi connectivity index (χ1) is 53.7. The fourth-order valence-electron chi connectivity index (χ4n) is 11.1. The van der Waals surface area contributed by atoms with Gasteiger partial charge in [0.05, 0.1) is 135 Å². The van der Waals surface area contributed by atoms with Crippen molar-refractivity contribution < 1.29 is 369 Å². The van der Waals surface area contributed by atoms with E-state index in [1.165, 1.54) is 6.08 Å². The monoisotopic (exact) mass is 2010 g/mol. The van der Waals surface area contributed by atoms with E-state index in [4.69, 9.17) is 125 Å². The van der Waals surface area contributed by atoms with Gasteiger partial charge in [-0.1, -0.05) is 81.7 Å². The molecule has 10 aliphatic rings. The van der Waals surface area contributed by atoms with Crippen molar-refractivity contribution in [3.8, 4) is 0 Å². The number of nitrogens with zero attached hydrogens (tertiary/aromatic N) is 3. The van der Waals surface area contributed by atoms with E-state index in [-0.39, 0.29) is 423 Å². The van der Waals surface area contributed by atoms with Crippen molar-refractivity contribution >= 4 is 59.1 Å². The number of cyclic esters (lactones) is 1. The van der Waals surface area contributed by atoms with Crippen LogP contribution in [0.2, 0.25) is 0 Å². The number of ether oxygens (including phenoxy) is 18. The smallest absolute Gasteiger partial charge is 1.00 e. The molecule has 0 aliphatic carbocycles. The summed E-state index contributed by atoms with van der Waals surface area (Å²) in [6.45, 7) is 30.8. The second kappa shape index (κ2) is 90.6. The first-order valence-electron chi connectivity index (χ1n) is 36.6. The molecule has 0 spiro atoms. The van der Waals surface area contributed by atoms with Gasteiger partial charge in [-0.2, -0.15) is 0 Å². The minimum absolute atomic E-state index is 0. The molecule has 0 aromatic rings. The van der Waals surface area contributed by atoms with Gasteiger partial charge in [-0.3, -0.25) is 54.1 Å². The van der Waals surface area contributed by atoms with Crippen LogP contribution >= 0.6 is 7.60 Å². The molecule has 0 aromatic heterocycles. The number of aldehydes is 1. The Morgan fingerprint density at radius 1 is 0.534 bits per heavy atom. The molecule has 10 saturated heterocycles. The summed E-state index contributed by atoms with van der Waals surface area (Å²) in [7, 11) is -2.39. The first-order valence-corrected chi connectivity index (χ1v) is 38.3. The Morgan fingerprint density at radius 2 is 0.885 bits per heavy atom. The van der Waals surface area contributed by atoms with Gasteiger partial charge in [-0.25, -0.2) is 9.59 Å². The number of fused-ring (bicyclic) bond motifs is 2. The molecule has 0 bridgehead atoms. The first kappa shape index (κ1) is 170. The van der Waals surface area contributed by atoms with Crippen LogP contribution in [0.1, 0.15) is 214 Å². The Bertz CT molecular complexity index is 2920. The Kier molecular flexibility index (Phi) is 117. The van der Waals surface area contributed by atoms with Gasteiger partial charge in [0.25, 0.3) is 12.9 Å². The Morgan fingerprint density at radius 3 is 1.18 bits per heavy atom. The molecule has 0 saturated carbocycles. The predicted molar refractivity (Wildman–Crippen MR) is 463 cm³/mol. The molecule has 765 valence electrons. The summed E-state index contributed by atoms with van der Waals surface area (Å²) in [5, 5.41) is 92.7. The molecule has 52 heteroatoms. The minimum atomic E-state index is -3.28. The van der Waals surface area contributed by atoms with Gasteiger partial charge in [0, 0.05) is 47.7 Å². The Hall–Kier alpha value is -0.689. The third kappa shape index (κ3) is 75.8. The van der Waals surface area contributed by atoms with E-state index in [2.05, 4.69) is 14.5 Å². The second-order valence-corrected chi connectivity index (χ2v) is 29.5. The molecular formula is C79H164BK3LiN3O43P. The molecule has 10 heterocycles. The van der Waals surface area contributed by atoms with E-state index in [1.54, 1.807) is 96.1 Å². The van der Waals surface area contributed by atoms with Crippen molar-refractivity contribution in [1.29, 1.82) is 0 Å². The molecule has 131 heavy (non-hydrogen) atoms. The number of aliphatic hydroxyl groups is 5. The molecule has 5 unspecified atom stereocenters. The number of esters is 4. The van der Waals surface area contributed by atoms with E-state index >= 15 is 0 Å². The van der Waals surface area contributed by atoms with Crippen LogP contribution in [-0.2, 0) is 142 Å². The summed E-state index contributed by atoms with van der Waals surface area (Å²) in [4.78, 5) is 106. The summed E-state index contributed by atoms with van der Waals surface area (Å²) >= 11 is 0. The maximum Gasteiger partial charge on any atom is 1.00 e. The maximum absolute atomic E-state index is 11.8. The maximum atomic E-state index is 11.8. The van der Waals surface area contributed by atoms with Gasteiger partial charge in [0.15, 0.2) is 67.1 Å². The number of aliphatic hydroxyl groups excluding tert-OH is 5. The van der Waals surface area contributed by atoms with Gasteiger partial charge in [-0.15, -0.1) is 0 Å². The van der Waals surface area contributed by atoms with Crippen molar-refractivity contribution in [3.05, 3.63) is 42.5 Å². The van der Waals surface area contributed by atoms with E-state index in [0.717, 1.165) is 39.4 Å². The number of nitro groups is 3. The van der Waals surface area contributed by atoms with Gasteiger partial charge < -0.3 is 148 Å². The van der Waals surface area contributed by atoms with Crippen LogP contribution in [0, 0.1) is 54.0 Å². The average molecular weight is 2010 g/mol. The molecule has 10 fully saturated rings. The molecule has 46 nitrogen and oxygen atoms in total. The zero-order chi connectivity index (χ0) is 87.9. The van der Waals surface area contributed by atoms with Crippen LogP contribution in [0.3, 0.4) is 0 Å². The number of carbonyl (C=O) groups excluding carboxylic acids is 7. The third-order valence-electron chi connectivity index (χ3n) is 16.0. The van der Waals surface area contributed by atoms with Crippen molar-refractivity contribution in [2.75, 3.05) is 125 Å². The molecule has 0 aromatic carbocycles. The summed E-state index contributed by atoms with van der Waals surface area (Å²) in [6.07, 6.45) is -0.422.